The molecule has 6 heteroatoms. The highest BCUT2D eigenvalue weighted by atomic mass is 28.4. The number of hydrogen-bond acceptors (Lipinski definition) is 4. The van der Waals surface area contributed by atoms with Gasteiger partial charge in [-0.1, -0.05) is 65.8 Å². The molecule has 0 unspecified atom stereocenters. The molecule has 3 aromatic carbocycles. The third-order valence-electron chi connectivity index (χ3n) is 9.91. The van der Waals surface area contributed by atoms with Crippen LogP contribution in [-0.2, 0) is 6.42 Å². The second kappa shape index (κ2) is 12.8. The van der Waals surface area contributed by atoms with Crippen LogP contribution < -0.4 is 19.4 Å². The minimum atomic E-state index is -2.07. The number of hydrogen-bond donors (Lipinski definition) is 1. The summed E-state index contributed by atoms with van der Waals surface area (Å²) in [6, 6.07) is 20.7. The summed E-state index contributed by atoms with van der Waals surface area (Å²) in [5, 5.41) is 3.44. The van der Waals surface area contributed by atoms with Gasteiger partial charge in [0.2, 0.25) is 0 Å². The van der Waals surface area contributed by atoms with E-state index in [-0.39, 0.29) is 17.7 Å². The van der Waals surface area contributed by atoms with Gasteiger partial charge in [-0.15, -0.1) is 0 Å². The van der Waals surface area contributed by atoms with Crippen LogP contribution in [0.5, 0.6) is 11.5 Å². The Kier molecular flexibility index (Phi) is 9.34. The zero-order valence-corrected chi connectivity index (χ0v) is 27.5. The second-order valence-corrected chi connectivity index (χ2v) is 18.5. The summed E-state index contributed by atoms with van der Waals surface area (Å²) in [6.07, 6.45) is 1.95. The van der Waals surface area contributed by atoms with Crippen LogP contribution >= 0.6 is 0 Å². The van der Waals surface area contributed by atoms with Crippen molar-refractivity contribution < 1.29 is 13.6 Å². The van der Waals surface area contributed by atoms with Gasteiger partial charge in [-0.3, -0.25) is 0 Å². The Labute approximate surface area is 253 Å². The molecular formula is C36H49FN2O2Si. The Hall–Kier alpha value is -2.83. The van der Waals surface area contributed by atoms with E-state index in [9.17, 15) is 4.39 Å². The number of nitrogens with one attached hydrogen (secondary N) is 1. The maximum atomic E-state index is 14.0. The number of benzene rings is 3. The molecule has 0 bridgehead atoms. The van der Waals surface area contributed by atoms with Gasteiger partial charge < -0.3 is 19.4 Å². The van der Waals surface area contributed by atoms with Gasteiger partial charge in [0.15, 0.2) is 0 Å². The molecule has 2 aliphatic rings. The zero-order chi connectivity index (χ0) is 30.0. The highest BCUT2D eigenvalue weighted by Gasteiger charge is 2.47. The molecule has 42 heavy (non-hydrogen) atoms. The molecule has 0 aromatic heterocycles. The third kappa shape index (κ3) is 5.85. The fraction of sp³-hybridized carbons (Fsp3) is 0.500. The molecule has 226 valence electrons. The molecule has 1 aliphatic heterocycles. The molecule has 1 heterocycles. The highest BCUT2D eigenvalue weighted by molar-refractivity contribution is 6.78. The molecule has 1 N–H and O–H groups in total. The molecule has 0 radical (unpaired) electrons. The SMILES string of the molecule is COc1cc(N2CCNCC2)ccc1[C@@H]1c2ccc(O[Si](C(C)C)(C(C)C)C(C)C)cc2CC[C@@H]1c1ccc(F)cc1. The standard InChI is InChI=1S/C36H49FN2O2Si/c1-24(2)42(25(3)4,26(5)6)41-31-14-17-33-28(22-31)10-15-32(27-8-11-29(37)12-9-27)36(33)34-16-13-30(23-35(34)40-7)39-20-18-38-19-21-39/h8-9,11-14,16-17,22-26,32,36,38H,10,15,18-21H2,1-7H3/t32-,36+/m1/s1. The van der Waals surface area contributed by atoms with Crippen LogP contribution in [-0.4, -0.2) is 41.6 Å². The largest absolute Gasteiger partial charge is 0.543 e. The first-order valence-electron chi connectivity index (χ1n) is 15.9. The van der Waals surface area contributed by atoms with E-state index in [4.69, 9.17) is 9.16 Å². The second-order valence-electron chi connectivity index (χ2n) is 13.1. The van der Waals surface area contributed by atoms with E-state index in [1.165, 1.54) is 27.9 Å². The Morgan fingerprint density at radius 2 is 1.48 bits per heavy atom. The van der Waals surface area contributed by atoms with Gasteiger partial charge in [-0.25, -0.2) is 4.39 Å². The Balaban J connectivity index is 1.58. The number of halogens is 1. The van der Waals surface area contributed by atoms with Crippen molar-refractivity contribution in [3.63, 3.8) is 0 Å². The van der Waals surface area contributed by atoms with Gasteiger partial charge in [-0.05, 0) is 82.4 Å². The lowest BCUT2D eigenvalue weighted by Crippen LogP contribution is -2.50. The van der Waals surface area contributed by atoms with Crippen LogP contribution in [0.25, 0.3) is 0 Å². The van der Waals surface area contributed by atoms with Crippen molar-refractivity contribution in [1.82, 2.24) is 5.32 Å². The van der Waals surface area contributed by atoms with Gasteiger partial charge in [0.05, 0.1) is 7.11 Å². The molecule has 1 saturated heterocycles. The van der Waals surface area contributed by atoms with Crippen molar-refractivity contribution in [2.45, 2.75) is 82.8 Å². The van der Waals surface area contributed by atoms with Gasteiger partial charge in [0, 0.05) is 49.4 Å². The first kappa shape index (κ1) is 30.6. The normalized spacial score (nSPS) is 19.4. The molecule has 1 aliphatic carbocycles. The first-order valence-corrected chi connectivity index (χ1v) is 18.0. The van der Waals surface area contributed by atoms with Crippen LogP contribution in [0, 0.1) is 5.82 Å². The molecule has 5 rings (SSSR count). The summed E-state index contributed by atoms with van der Waals surface area (Å²) in [5.74, 6) is 2.06. The van der Waals surface area contributed by atoms with E-state index in [0.29, 0.717) is 16.6 Å². The molecular weight excluding hydrogens is 539 g/mol. The lowest BCUT2D eigenvalue weighted by atomic mass is 9.69. The lowest BCUT2D eigenvalue weighted by molar-refractivity contribution is 0.400. The fourth-order valence-electron chi connectivity index (χ4n) is 7.95. The van der Waals surface area contributed by atoms with Crippen molar-refractivity contribution in [3.8, 4) is 11.5 Å². The third-order valence-corrected chi connectivity index (χ3v) is 15.9. The summed E-state index contributed by atoms with van der Waals surface area (Å²) in [5.41, 5.74) is 7.78. The molecule has 0 saturated carbocycles. The first-order chi connectivity index (χ1) is 20.1. The Bertz CT molecular complexity index is 1330. The maximum absolute atomic E-state index is 14.0. The van der Waals surface area contributed by atoms with E-state index in [2.05, 4.69) is 88.2 Å². The average Bonchev–Trinajstić information content (AvgIpc) is 2.99. The van der Waals surface area contributed by atoms with Crippen molar-refractivity contribution in [1.29, 1.82) is 0 Å². The van der Waals surface area contributed by atoms with Crippen molar-refractivity contribution in [2.24, 2.45) is 0 Å². The number of ether oxygens (including phenoxy) is 1. The summed E-state index contributed by atoms with van der Waals surface area (Å²) in [4.78, 5) is 2.42. The van der Waals surface area contributed by atoms with Gasteiger partial charge in [0.25, 0.3) is 8.32 Å². The van der Waals surface area contributed by atoms with Gasteiger partial charge >= 0.3 is 0 Å². The Morgan fingerprint density at radius 3 is 2.10 bits per heavy atom. The summed E-state index contributed by atoms with van der Waals surface area (Å²) >= 11 is 0. The number of aryl methyl sites for hydroxylation is 1. The number of methoxy groups -OCH3 is 1. The van der Waals surface area contributed by atoms with E-state index in [1.807, 2.05) is 12.1 Å². The number of fused-ring (bicyclic) bond motifs is 1. The summed E-state index contributed by atoms with van der Waals surface area (Å²) < 4.78 is 27.2. The maximum Gasteiger partial charge on any atom is 0.258 e. The van der Waals surface area contributed by atoms with Gasteiger partial charge in [-0.2, -0.15) is 0 Å². The fourth-order valence-corrected chi connectivity index (χ4v) is 13.2. The molecule has 2 atom stereocenters. The smallest absolute Gasteiger partial charge is 0.258 e. The minimum Gasteiger partial charge on any atom is -0.543 e. The Morgan fingerprint density at radius 1 is 0.833 bits per heavy atom. The quantitative estimate of drug-likeness (QED) is 0.254. The lowest BCUT2D eigenvalue weighted by Gasteiger charge is -2.42. The van der Waals surface area contributed by atoms with Crippen molar-refractivity contribution in [3.05, 3.63) is 88.7 Å². The van der Waals surface area contributed by atoms with E-state index in [1.54, 1.807) is 19.2 Å². The van der Waals surface area contributed by atoms with Crippen LogP contribution in [0.1, 0.15) is 82.1 Å². The number of nitrogens with zero attached hydrogens (tertiary/aromatic N) is 1. The highest BCUT2D eigenvalue weighted by Crippen LogP contribution is 2.50. The zero-order valence-electron chi connectivity index (χ0n) is 26.5. The number of rotatable bonds is 9. The monoisotopic (exact) mass is 588 g/mol. The van der Waals surface area contributed by atoms with Crippen molar-refractivity contribution >= 4 is 14.0 Å². The number of piperazine rings is 1. The molecule has 1 fully saturated rings. The summed E-state index contributed by atoms with van der Waals surface area (Å²) in [7, 11) is -0.289. The molecule has 4 nitrogen and oxygen atoms in total. The summed E-state index contributed by atoms with van der Waals surface area (Å²) in [6.45, 7) is 18.0. The predicted molar refractivity (Wildman–Crippen MR) is 175 cm³/mol. The molecule has 3 aromatic rings. The van der Waals surface area contributed by atoms with Gasteiger partial charge in [0.1, 0.15) is 17.3 Å². The van der Waals surface area contributed by atoms with Crippen molar-refractivity contribution in [2.75, 3.05) is 38.2 Å². The molecule has 0 amide bonds. The minimum absolute atomic E-state index is 0.0996. The average molecular weight is 589 g/mol. The van der Waals surface area contributed by atoms with Crippen LogP contribution in [0.2, 0.25) is 16.6 Å². The molecule has 0 spiro atoms. The van der Waals surface area contributed by atoms with Crippen LogP contribution in [0.4, 0.5) is 10.1 Å². The van der Waals surface area contributed by atoms with Crippen LogP contribution in [0.3, 0.4) is 0 Å². The predicted octanol–water partition coefficient (Wildman–Crippen LogP) is 8.66. The van der Waals surface area contributed by atoms with E-state index >= 15 is 0 Å². The van der Waals surface area contributed by atoms with Crippen LogP contribution in [0.15, 0.2) is 60.7 Å². The number of anilines is 1. The topological polar surface area (TPSA) is 33.7 Å². The van der Waals surface area contributed by atoms with E-state index < -0.39 is 8.32 Å². The van der Waals surface area contributed by atoms with E-state index in [0.717, 1.165) is 50.5 Å².